The molecule has 0 aliphatic rings. The van der Waals surface area contributed by atoms with Gasteiger partial charge < -0.3 is 15.3 Å². The zero-order valence-electron chi connectivity index (χ0n) is 20.5. The highest BCUT2D eigenvalue weighted by molar-refractivity contribution is 8.30. The number of carbonyl (C=O) groups is 1. The number of carbonyl (C=O) groups excluding carboxylic acids is 1. The molecule has 0 aromatic heterocycles. The molecular weight excluding hydrogens is 691 g/mol. The van der Waals surface area contributed by atoms with Gasteiger partial charge in [0.05, 0.1) is 45.7 Å². The predicted octanol–water partition coefficient (Wildman–Crippen LogP) is 6.33. The second kappa shape index (κ2) is 34.4. The van der Waals surface area contributed by atoms with Crippen molar-refractivity contribution >= 4 is 146 Å². The van der Waals surface area contributed by atoms with Gasteiger partial charge in [-0.1, -0.05) is 11.8 Å². The van der Waals surface area contributed by atoms with E-state index in [-0.39, 0.29) is 11.8 Å². The van der Waals surface area contributed by atoms with Gasteiger partial charge in [0.15, 0.2) is 0 Å². The van der Waals surface area contributed by atoms with Crippen molar-refractivity contribution < 1.29 is 23.9 Å². The summed E-state index contributed by atoms with van der Waals surface area (Å²) in [6, 6.07) is 0. The Morgan fingerprint density at radius 1 is 0.892 bits per heavy atom. The van der Waals surface area contributed by atoms with E-state index in [1.165, 1.54) is 18.2 Å². The van der Waals surface area contributed by atoms with Crippen LogP contribution < -0.4 is 5.32 Å². The lowest BCUT2D eigenvalue weighted by Gasteiger charge is -2.05. The topological polar surface area (TPSA) is 110 Å². The number of nitrogens with zero attached hydrogens (tertiary/aromatic N) is 2. The first-order chi connectivity index (χ1) is 18.2. The highest BCUT2D eigenvalue weighted by Gasteiger charge is 2.02. The van der Waals surface area contributed by atoms with E-state index in [9.17, 15) is 9.00 Å². The number of rotatable bonds is 28. The minimum Gasteiger partial charge on any atom is -0.396 e. The van der Waals surface area contributed by atoms with Crippen molar-refractivity contribution in [3.05, 3.63) is 0 Å². The fourth-order valence-electron chi connectivity index (χ4n) is 1.51. The van der Waals surface area contributed by atoms with Crippen molar-refractivity contribution in [2.24, 2.45) is 9.98 Å². The van der Waals surface area contributed by atoms with Gasteiger partial charge >= 0.3 is 0 Å². The molecule has 0 fully saturated rings. The van der Waals surface area contributed by atoms with Crippen LogP contribution in [0, 0.1) is 0 Å². The zero-order valence-corrected chi connectivity index (χ0v) is 29.5. The van der Waals surface area contributed by atoms with E-state index in [4.69, 9.17) is 14.9 Å². The number of amides is 1. The molecule has 0 radical (unpaired) electrons. The number of nitrogens with one attached hydrogen (secondary N) is 1. The molecule has 0 bridgehead atoms. The van der Waals surface area contributed by atoms with Crippen LogP contribution in [0.4, 0.5) is 4.79 Å². The Labute approximate surface area is 266 Å². The second-order valence-corrected chi connectivity index (χ2v) is 19.7. The molecule has 0 rings (SSSR count). The second-order valence-electron chi connectivity index (χ2n) is 5.83. The van der Waals surface area contributed by atoms with E-state index >= 15 is 0 Å². The molecule has 37 heavy (non-hydrogen) atoms. The fourth-order valence-corrected chi connectivity index (χ4v) is 13.2. The fraction of sp³-hybridized carbons (Fsp3) is 0.833. The molecule has 0 saturated heterocycles. The molecule has 218 valence electrons. The monoisotopic (exact) mass is 725 g/mol. The quantitative estimate of drug-likeness (QED) is 0.0234. The van der Waals surface area contributed by atoms with E-state index in [1.54, 1.807) is 64.4 Å². The molecule has 0 aliphatic heterocycles. The summed E-state index contributed by atoms with van der Waals surface area (Å²) in [5, 5.41) is 18.7. The Morgan fingerprint density at radius 3 is 2.24 bits per heavy atom. The Balaban J connectivity index is 3.26. The normalized spacial score (nSPS) is 12.5. The van der Waals surface area contributed by atoms with E-state index in [0.29, 0.717) is 35.7 Å². The van der Waals surface area contributed by atoms with Gasteiger partial charge in [0, 0.05) is 42.2 Å². The van der Waals surface area contributed by atoms with Crippen molar-refractivity contribution in [3.63, 3.8) is 0 Å². The molecular formula is C18H35N3O5S11. The van der Waals surface area contributed by atoms with Gasteiger partial charge in [-0.2, -0.15) is 4.89 Å². The number of aliphatic imine (C=N–C) groups is 2. The molecule has 0 spiro atoms. The van der Waals surface area contributed by atoms with Gasteiger partial charge in [-0.25, -0.2) is 4.99 Å². The van der Waals surface area contributed by atoms with E-state index < -0.39 is 10.8 Å². The first-order valence-corrected chi connectivity index (χ1v) is 23.5. The molecule has 0 saturated carbocycles. The van der Waals surface area contributed by atoms with Gasteiger partial charge in [-0.15, -0.1) is 106 Å². The van der Waals surface area contributed by atoms with Gasteiger partial charge in [-0.3, -0.25) is 14.0 Å². The highest BCUT2D eigenvalue weighted by Crippen LogP contribution is 2.24. The smallest absolute Gasteiger partial charge is 0.280 e. The number of thioether (sulfide) groups is 10. The van der Waals surface area contributed by atoms with Crippen LogP contribution in [0.5, 0.6) is 0 Å². The third-order valence-electron chi connectivity index (χ3n) is 2.92. The average Bonchev–Trinajstić information content (AvgIpc) is 2.89. The van der Waals surface area contributed by atoms with Crippen LogP contribution in [0.25, 0.3) is 0 Å². The van der Waals surface area contributed by atoms with Crippen LogP contribution in [0.1, 0.15) is 6.42 Å². The largest absolute Gasteiger partial charge is 0.396 e. The number of hydrogen-bond acceptors (Lipinski definition) is 17. The number of aliphatic hydroxyl groups is 1. The molecule has 0 heterocycles. The van der Waals surface area contributed by atoms with Crippen LogP contribution in [-0.2, 0) is 20.6 Å². The Morgan fingerprint density at radius 2 is 1.54 bits per heavy atom. The standard InChI is InChI=1S/C18H35N3O5S11/c1-27-6-20-9-37(24)17-35-15-33-13-32-14-34-16-36-18(23)21-8-29-11-31-12-30-10-28-7-19-5-26-25-4-2-3-22/h5,9,22H,2-4,6-8,10-17H2,1H3,(H,21,23)/b19-5+,20-9-. The number of aliphatic hydroxyl groups excluding tert-OH is 1. The molecule has 1 amide bonds. The Hall–Kier alpha value is 2.18. The molecule has 8 nitrogen and oxygen atoms in total. The van der Waals surface area contributed by atoms with Crippen molar-refractivity contribution in [1.29, 1.82) is 0 Å². The van der Waals surface area contributed by atoms with E-state index in [0.717, 1.165) is 35.6 Å². The molecule has 1 unspecified atom stereocenters. The summed E-state index contributed by atoms with van der Waals surface area (Å²) in [5.74, 6) is 1.92. The third-order valence-corrected chi connectivity index (χ3v) is 15.5. The van der Waals surface area contributed by atoms with Gasteiger partial charge in [0.2, 0.25) is 6.40 Å². The summed E-state index contributed by atoms with van der Waals surface area (Å²) in [4.78, 5) is 29.5. The van der Waals surface area contributed by atoms with Crippen LogP contribution in [0.3, 0.4) is 0 Å². The van der Waals surface area contributed by atoms with Crippen molar-refractivity contribution in [2.45, 2.75) is 6.42 Å². The molecule has 2 N–H and O–H groups in total. The van der Waals surface area contributed by atoms with Crippen LogP contribution in [0.2, 0.25) is 0 Å². The minimum absolute atomic E-state index is 0.0314. The summed E-state index contributed by atoms with van der Waals surface area (Å²) in [6.07, 6.45) is 3.80. The summed E-state index contributed by atoms with van der Waals surface area (Å²) in [7, 11) is -0.972. The van der Waals surface area contributed by atoms with Gasteiger partial charge in [-0.05, 0) is 12.7 Å². The minimum atomic E-state index is -0.972. The van der Waals surface area contributed by atoms with Crippen molar-refractivity contribution in [2.75, 3.05) is 77.8 Å². The van der Waals surface area contributed by atoms with E-state index in [2.05, 4.69) is 15.3 Å². The molecule has 0 aromatic rings. The summed E-state index contributed by atoms with van der Waals surface area (Å²) in [5.41, 5.74) is 1.55. The summed E-state index contributed by atoms with van der Waals surface area (Å²) < 4.78 is 11.6. The van der Waals surface area contributed by atoms with Gasteiger partial charge in [0.1, 0.15) is 0 Å². The maximum absolute atomic E-state index is 11.9. The summed E-state index contributed by atoms with van der Waals surface area (Å²) in [6.45, 7) is 0.436. The highest BCUT2D eigenvalue weighted by atomic mass is 32.3. The number of hydrogen-bond donors (Lipinski definition) is 2. The predicted molar refractivity (Wildman–Crippen MR) is 188 cm³/mol. The first-order valence-electron chi connectivity index (χ1n) is 10.5. The summed E-state index contributed by atoms with van der Waals surface area (Å²) >= 11 is 17.2. The molecule has 1 atom stereocenters. The van der Waals surface area contributed by atoms with Crippen LogP contribution in [0.15, 0.2) is 9.98 Å². The maximum atomic E-state index is 11.9. The first kappa shape index (κ1) is 39.2. The lowest BCUT2D eigenvalue weighted by Crippen LogP contribution is -2.17. The van der Waals surface area contributed by atoms with Gasteiger partial charge in [0.25, 0.3) is 5.24 Å². The van der Waals surface area contributed by atoms with E-state index in [1.807, 2.05) is 53.3 Å². The Bertz CT molecular complexity index is 598. The van der Waals surface area contributed by atoms with Crippen molar-refractivity contribution in [3.8, 4) is 0 Å². The average molecular weight is 726 g/mol. The lowest BCUT2D eigenvalue weighted by molar-refractivity contribution is -0.217. The molecule has 0 aliphatic carbocycles. The maximum Gasteiger partial charge on any atom is 0.280 e. The van der Waals surface area contributed by atoms with Crippen LogP contribution in [-0.4, -0.2) is 104 Å². The third kappa shape index (κ3) is 34.3. The lowest BCUT2D eigenvalue weighted by atomic mass is 10.5. The molecule has 19 heteroatoms. The van der Waals surface area contributed by atoms with Crippen LogP contribution >= 0.6 is 118 Å². The van der Waals surface area contributed by atoms with Crippen molar-refractivity contribution in [1.82, 2.24) is 5.32 Å². The molecule has 0 aromatic carbocycles. The zero-order chi connectivity index (χ0) is 27.1. The Kier molecular flexibility index (Phi) is 36.4. The SMILES string of the molecule is CSC/N=C\S(=O)CSCSCSCSCSC(=O)NCSCSCSCSC/N=C/OOCCCO.